The number of hydrogen-bond donors (Lipinski definition) is 3. The minimum atomic E-state index is -1.35. The van der Waals surface area contributed by atoms with E-state index in [0.717, 1.165) is 5.69 Å². The number of aliphatic carboxylic acids is 1. The van der Waals surface area contributed by atoms with Crippen molar-refractivity contribution in [2.45, 2.75) is 19.9 Å². The van der Waals surface area contributed by atoms with Gasteiger partial charge in [0, 0.05) is 37.3 Å². The van der Waals surface area contributed by atoms with Crippen LogP contribution in [0.5, 0.6) is 0 Å². The van der Waals surface area contributed by atoms with E-state index in [2.05, 4.69) is 5.32 Å². The highest BCUT2D eigenvalue weighted by molar-refractivity contribution is 5.99. The highest BCUT2D eigenvalue weighted by atomic mass is 16.4. The van der Waals surface area contributed by atoms with Crippen LogP contribution >= 0.6 is 0 Å². The van der Waals surface area contributed by atoms with E-state index in [4.69, 9.17) is 10.2 Å². The Kier molecular flexibility index (Phi) is 8.41. The maximum absolute atomic E-state index is 12.5. The van der Waals surface area contributed by atoms with E-state index in [-0.39, 0.29) is 11.7 Å². The number of ketones is 1. The summed E-state index contributed by atoms with van der Waals surface area (Å²) in [6.07, 6.45) is 4.39. The zero-order valence-electron chi connectivity index (χ0n) is 16.0. The Morgan fingerprint density at radius 1 is 1.15 bits per heavy atom. The van der Waals surface area contributed by atoms with E-state index >= 15 is 0 Å². The van der Waals surface area contributed by atoms with Gasteiger partial charge in [-0.05, 0) is 31.2 Å². The number of amides is 1. The second-order valence-corrected chi connectivity index (χ2v) is 6.42. The van der Waals surface area contributed by atoms with Crippen LogP contribution in [0.3, 0.4) is 0 Å². The lowest BCUT2D eigenvalue weighted by Crippen LogP contribution is -2.42. The molecule has 7 nitrogen and oxygen atoms in total. The molecular weight excluding hydrogens is 348 g/mol. The first-order valence-electron chi connectivity index (χ1n) is 8.48. The van der Waals surface area contributed by atoms with Gasteiger partial charge >= 0.3 is 5.97 Å². The normalized spacial score (nSPS) is 13.9. The predicted molar refractivity (Wildman–Crippen MR) is 104 cm³/mol. The van der Waals surface area contributed by atoms with Gasteiger partial charge in [0.15, 0.2) is 11.8 Å². The van der Waals surface area contributed by atoms with Gasteiger partial charge in [0.1, 0.15) is 0 Å². The minimum Gasteiger partial charge on any atom is -0.480 e. The average molecular weight is 374 g/mol. The van der Waals surface area contributed by atoms with Gasteiger partial charge in [0.2, 0.25) is 5.91 Å². The van der Waals surface area contributed by atoms with Gasteiger partial charge in [-0.1, -0.05) is 24.6 Å². The lowest BCUT2D eigenvalue weighted by molar-refractivity contribution is -0.142. The van der Waals surface area contributed by atoms with Crippen LogP contribution in [0, 0.1) is 5.92 Å². The molecule has 1 amide bonds. The Morgan fingerprint density at radius 3 is 2.22 bits per heavy atom. The number of benzene rings is 1. The molecule has 2 unspecified atom stereocenters. The van der Waals surface area contributed by atoms with Crippen molar-refractivity contribution in [2.24, 2.45) is 5.92 Å². The van der Waals surface area contributed by atoms with Crippen LogP contribution in [0.2, 0.25) is 0 Å². The van der Waals surface area contributed by atoms with Crippen molar-refractivity contribution in [1.82, 2.24) is 5.32 Å². The van der Waals surface area contributed by atoms with Gasteiger partial charge in [-0.2, -0.15) is 0 Å². The fourth-order valence-corrected chi connectivity index (χ4v) is 2.32. The number of nitrogens with one attached hydrogen (secondary N) is 1. The summed E-state index contributed by atoms with van der Waals surface area (Å²) in [5.74, 6) is -2.37. The van der Waals surface area contributed by atoms with Crippen LogP contribution in [0.4, 0.5) is 5.69 Å². The third-order valence-electron chi connectivity index (χ3n) is 3.89. The molecule has 0 heterocycles. The molecule has 0 bridgehead atoms. The highest BCUT2D eigenvalue weighted by Crippen LogP contribution is 2.17. The van der Waals surface area contributed by atoms with Gasteiger partial charge in [-0.15, -0.1) is 0 Å². The van der Waals surface area contributed by atoms with Crippen molar-refractivity contribution in [3.05, 3.63) is 53.6 Å². The third-order valence-corrected chi connectivity index (χ3v) is 3.89. The fraction of sp³-hybridized carbons (Fsp3) is 0.350. The molecule has 0 aromatic heterocycles. The smallest absolute Gasteiger partial charge is 0.328 e. The average Bonchev–Trinajstić information content (AvgIpc) is 2.63. The number of hydrogen-bond acceptors (Lipinski definition) is 5. The summed E-state index contributed by atoms with van der Waals surface area (Å²) < 4.78 is 0. The largest absolute Gasteiger partial charge is 0.480 e. The summed E-state index contributed by atoms with van der Waals surface area (Å²) in [6, 6.07) is 5.96. The summed E-state index contributed by atoms with van der Waals surface area (Å²) in [4.78, 5) is 36.9. The number of carbonyl (C=O) groups excluding carboxylic acids is 2. The molecule has 1 aromatic carbocycles. The van der Waals surface area contributed by atoms with Crippen LogP contribution in [0.15, 0.2) is 48.1 Å². The van der Waals surface area contributed by atoms with Crippen LogP contribution in [0.25, 0.3) is 0 Å². The molecule has 0 saturated heterocycles. The Morgan fingerprint density at radius 2 is 1.74 bits per heavy atom. The number of carboxylic acids is 1. The van der Waals surface area contributed by atoms with E-state index in [1.54, 1.807) is 32.1 Å². The molecule has 146 valence electrons. The SMILES string of the molecule is CC(C=CC(=O)NC(CO)C(=O)O)=CC(C)C(=O)c1ccc(N(C)C)cc1. The number of rotatable bonds is 9. The van der Waals surface area contributed by atoms with E-state index in [1.165, 1.54) is 12.2 Å². The highest BCUT2D eigenvalue weighted by Gasteiger charge is 2.17. The molecule has 1 aromatic rings. The van der Waals surface area contributed by atoms with E-state index in [0.29, 0.717) is 11.1 Å². The topological polar surface area (TPSA) is 107 Å². The lowest BCUT2D eigenvalue weighted by Gasteiger charge is -2.13. The van der Waals surface area contributed by atoms with Gasteiger partial charge < -0.3 is 20.4 Å². The number of aliphatic hydroxyl groups excluding tert-OH is 1. The third kappa shape index (κ3) is 7.07. The second-order valence-electron chi connectivity index (χ2n) is 6.42. The minimum absolute atomic E-state index is 0.0382. The van der Waals surface area contributed by atoms with Gasteiger partial charge in [-0.25, -0.2) is 4.79 Å². The number of nitrogens with zero attached hydrogens (tertiary/aromatic N) is 1. The van der Waals surface area contributed by atoms with Gasteiger partial charge in [0.25, 0.3) is 0 Å². The predicted octanol–water partition coefficient (Wildman–Crippen LogP) is 1.64. The molecule has 0 aliphatic rings. The Hall–Kier alpha value is -2.93. The van der Waals surface area contributed by atoms with Crippen LogP contribution < -0.4 is 10.2 Å². The van der Waals surface area contributed by atoms with Crippen molar-refractivity contribution < 1.29 is 24.6 Å². The molecule has 2 atom stereocenters. The second kappa shape index (κ2) is 10.3. The number of carbonyl (C=O) groups is 3. The van der Waals surface area contributed by atoms with Crippen molar-refractivity contribution in [2.75, 3.05) is 25.6 Å². The van der Waals surface area contributed by atoms with Crippen molar-refractivity contribution in [3.63, 3.8) is 0 Å². The maximum Gasteiger partial charge on any atom is 0.328 e. The monoisotopic (exact) mass is 374 g/mol. The quantitative estimate of drug-likeness (QED) is 0.345. The first-order valence-corrected chi connectivity index (χ1v) is 8.48. The Bertz CT molecular complexity index is 735. The van der Waals surface area contributed by atoms with Crippen molar-refractivity contribution >= 4 is 23.3 Å². The van der Waals surface area contributed by atoms with Crippen molar-refractivity contribution in [1.29, 1.82) is 0 Å². The summed E-state index contributed by atoms with van der Waals surface area (Å²) in [6.45, 7) is 2.82. The van der Waals surface area contributed by atoms with E-state index < -0.39 is 24.5 Å². The van der Waals surface area contributed by atoms with E-state index in [9.17, 15) is 14.4 Å². The van der Waals surface area contributed by atoms with Crippen LogP contribution in [0.1, 0.15) is 24.2 Å². The maximum atomic E-state index is 12.5. The lowest BCUT2D eigenvalue weighted by atomic mass is 9.97. The van der Waals surface area contributed by atoms with Gasteiger partial charge in [0.05, 0.1) is 6.61 Å². The Labute approximate surface area is 159 Å². The molecule has 7 heteroatoms. The van der Waals surface area contributed by atoms with Crippen molar-refractivity contribution in [3.8, 4) is 0 Å². The molecule has 1 rings (SSSR count). The van der Waals surface area contributed by atoms with E-state index in [1.807, 2.05) is 31.1 Å². The molecular formula is C20H26N2O5. The zero-order chi connectivity index (χ0) is 20.6. The number of allylic oxidation sites excluding steroid dienone is 3. The molecule has 3 N–H and O–H groups in total. The first-order chi connectivity index (χ1) is 12.6. The molecule has 0 saturated carbocycles. The summed E-state index contributed by atoms with van der Waals surface area (Å²) >= 11 is 0. The number of anilines is 1. The van der Waals surface area contributed by atoms with Crippen LogP contribution in [-0.4, -0.2) is 54.6 Å². The standard InChI is InChI=1S/C20H26N2O5/c1-13(5-10-18(24)21-17(12-23)20(26)27)11-14(2)19(25)15-6-8-16(9-7-15)22(3)4/h5-11,14,17,23H,12H2,1-4H3,(H,21,24)(H,26,27). The first kappa shape index (κ1) is 22.1. The van der Waals surface area contributed by atoms with Gasteiger partial charge in [-0.3, -0.25) is 9.59 Å². The number of Topliss-reactive ketones (excluding diaryl/α,β-unsaturated/α-hetero) is 1. The zero-order valence-corrected chi connectivity index (χ0v) is 16.0. The summed E-state index contributed by atoms with van der Waals surface area (Å²) in [5, 5.41) is 19.8. The molecule has 0 radical (unpaired) electrons. The molecule has 27 heavy (non-hydrogen) atoms. The fourth-order valence-electron chi connectivity index (χ4n) is 2.32. The molecule has 0 aliphatic heterocycles. The number of carboxylic acid groups (broad SMARTS) is 1. The molecule has 0 fully saturated rings. The number of aliphatic hydroxyl groups is 1. The van der Waals surface area contributed by atoms with Crippen LogP contribution in [-0.2, 0) is 9.59 Å². The Balaban J connectivity index is 2.73. The molecule has 0 spiro atoms. The summed E-state index contributed by atoms with van der Waals surface area (Å²) in [7, 11) is 3.85. The molecule has 0 aliphatic carbocycles. The summed E-state index contributed by atoms with van der Waals surface area (Å²) in [5.41, 5.74) is 2.29.